The molecule has 2 aliphatic rings. The van der Waals surface area contributed by atoms with Crippen LogP contribution in [0.3, 0.4) is 0 Å². The van der Waals surface area contributed by atoms with E-state index >= 15 is 0 Å². The van der Waals surface area contributed by atoms with Crippen molar-refractivity contribution in [3.8, 4) is 0 Å². The van der Waals surface area contributed by atoms with Crippen molar-refractivity contribution in [2.45, 2.75) is 57.7 Å². The van der Waals surface area contributed by atoms with E-state index in [1.807, 2.05) is 38.1 Å². The van der Waals surface area contributed by atoms with Gasteiger partial charge in [0, 0.05) is 18.6 Å². The van der Waals surface area contributed by atoms with Crippen LogP contribution in [0.2, 0.25) is 0 Å². The first-order valence-corrected chi connectivity index (χ1v) is 10.8. The van der Waals surface area contributed by atoms with E-state index in [0.717, 1.165) is 48.7 Å². The van der Waals surface area contributed by atoms with E-state index in [0.29, 0.717) is 6.04 Å². The lowest BCUT2D eigenvalue weighted by Crippen LogP contribution is -2.55. The van der Waals surface area contributed by atoms with Crippen LogP contribution in [0.15, 0.2) is 42.5 Å². The van der Waals surface area contributed by atoms with E-state index in [1.165, 1.54) is 0 Å². The Morgan fingerprint density at radius 3 is 2.57 bits per heavy atom. The number of hydrogen-bond donors (Lipinski definition) is 2. The Morgan fingerprint density at radius 1 is 1.07 bits per heavy atom. The van der Waals surface area contributed by atoms with Gasteiger partial charge in [0.2, 0.25) is 11.8 Å². The van der Waals surface area contributed by atoms with Gasteiger partial charge in [-0.1, -0.05) is 56.3 Å². The molecule has 3 atom stereocenters. The number of halogens is 1. The van der Waals surface area contributed by atoms with Crippen molar-refractivity contribution in [2.24, 2.45) is 5.92 Å². The summed E-state index contributed by atoms with van der Waals surface area (Å²) in [5, 5.41) is 8.78. The molecule has 0 radical (unpaired) electrons. The molecule has 162 valence electrons. The van der Waals surface area contributed by atoms with E-state index in [4.69, 9.17) is 0 Å². The van der Waals surface area contributed by atoms with Crippen LogP contribution in [-0.2, 0) is 16.0 Å². The summed E-state index contributed by atoms with van der Waals surface area (Å²) in [5.41, 5.74) is 0.968. The lowest BCUT2D eigenvalue weighted by molar-refractivity contribution is -0.139. The van der Waals surface area contributed by atoms with Crippen molar-refractivity contribution in [1.82, 2.24) is 15.5 Å². The second-order valence-corrected chi connectivity index (χ2v) is 8.77. The fourth-order valence-corrected chi connectivity index (χ4v) is 4.77. The molecule has 2 aromatic carbocycles. The third kappa shape index (κ3) is 4.79. The van der Waals surface area contributed by atoms with Crippen LogP contribution < -0.4 is 10.6 Å². The van der Waals surface area contributed by atoms with Gasteiger partial charge >= 0.3 is 0 Å². The first-order chi connectivity index (χ1) is 14.0. The molecule has 2 heterocycles. The number of carbonyl (C=O) groups is 2. The SMILES string of the molecule is CC(C)C(NC(=O)Cc1ccc2ccccc2c1)C(=O)N1C2CCNCC1CC2.Cl. The standard InChI is InChI=1S/C24H31N3O2.ClH/c1-16(2)23(24(29)27-20-9-10-21(27)15-25-12-11-20)26-22(28)14-17-7-8-18-5-3-4-6-19(18)13-17;/h3-8,13,16,20-21,23,25H,9-12,14-15H2,1-2H3,(H,26,28);1H. The summed E-state index contributed by atoms with van der Waals surface area (Å²) in [6, 6.07) is 14.3. The van der Waals surface area contributed by atoms with Crippen LogP contribution in [0.1, 0.15) is 38.7 Å². The summed E-state index contributed by atoms with van der Waals surface area (Å²) in [5.74, 6) is 0.0503. The van der Waals surface area contributed by atoms with Gasteiger partial charge in [-0.15, -0.1) is 12.4 Å². The summed E-state index contributed by atoms with van der Waals surface area (Å²) in [6.07, 6.45) is 3.42. The van der Waals surface area contributed by atoms with E-state index in [-0.39, 0.29) is 42.6 Å². The largest absolute Gasteiger partial charge is 0.344 e. The van der Waals surface area contributed by atoms with Crippen LogP contribution in [0, 0.1) is 5.92 Å². The quantitative estimate of drug-likeness (QED) is 0.766. The lowest BCUT2D eigenvalue weighted by Gasteiger charge is -2.33. The molecule has 3 unspecified atom stereocenters. The molecular formula is C24H32ClN3O2. The first kappa shape index (κ1) is 22.6. The molecule has 0 aromatic heterocycles. The normalized spacial score (nSPS) is 21.8. The van der Waals surface area contributed by atoms with Crippen LogP contribution in [0.4, 0.5) is 0 Å². The van der Waals surface area contributed by atoms with Gasteiger partial charge in [0.1, 0.15) is 6.04 Å². The molecule has 2 N–H and O–H groups in total. The number of benzene rings is 2. The Balaban J connectivity index is 0.00000256. The van der Waals surface area contributed by atoms with Crippen LogP contribution in [0.5, 0.6) is 0 Å². The van der Waals surface area contributed by atoms with Crippen molar-refractivity contribution >= 4 is 35.0 Å². The summed E-state index contributed by atoms with van der Waals surface area (Å²) in [4.78, 5) is 28.3. The van der Waals surface area contributed by atoms with Crippen LogP contribution in [-0.4, -0.2) is 47.9 Å². The van der Waals surface area contributed by atoms with Gasteiger partial charge in [-0.05, 0) is 48.1 Å². The molecule has 4 rings (SSSR count). The molecular weight excluding hydrogens is 398 g/mol. The van der Waals surface area contributed by atoms with E-state index in [1.54, 1.807) is 0 Å². The highest BCUT2D eigenvalue weighted by molar-refractivity contribution is 5.90. The van der Waals surface area contributed by atoms with Crippen molar-refractivity contribution in [3.63, 3.8) is 0 Å². The molecule has 0 saturated carbocycles. The Hall–Kier alpha value is -2.11. The summed E-state index contributed by atoms with van der Waals surface area (Å²) >= 11 is 0. The van der Waals surface area contributed by atoms with E-state index in [9.17, 15) is 9.59 Å². The number of rotatable bonds is 5. The smallest absolute Gasteiger partial charge is 0.245 e. The average molecular weight is 430 g/mol. The molecule has 0 spiro atoms. The molecule has 2 amide bonds. The molecule has 5 nitrogen and oxygen atoms in total. The van der Waals surface area contributed by atoms with E-state index < -0.39 is 6.04 Å². The molecule has 2 bridgehead atoms. The van der Waals surface area contributed by atoms with Crippen molar-refractivity contribution in [2.75, 3.05) is 13.1 Å². The number of nitrogens with zero attached hydrogens (tertiary/aromatic N) is 1. The average Bonchev–Trinajstić information content (AvgIpc) is 2.97. The molecule has 2 aromatic rings. The summed E-state index contributed by atoms with van der Waals surface area (Å²) in [7, 11) is 0. The second-order valence-electron chi connectivity index (χ2n) is 8.77. The van der Waals surface area contributed by atoms with Crippen LogP contribution >= 0.6 is 12.4 Å². The monoisotopic (exact) mass is 429 g/mol. The molecule has 0 aliphatic carbocycles. The van der Waals surface area contributed by atoms with Gasteiger partial charge in [0.15, 0.2) is 0 Å². The zero-order valence-corrected chi connectivity index (χ0v) is 18.6. The van der Waals surface area contributed by atoms with Gasteiger partial charge in [-0.25, -0.2) is 0 Å². The third-order valence-electron chi connectivity index (χ3n) is 6.34. The van der Waals surface area contributed by atoms with Crippen LogP contribution in [0.25, 0.3) is 10.8 Å². The molecule has 6 heteroatoms. The highest BCUT2D eigenvalue weighted by atomic mass is 35.5. The molecule has 2 fully saturated rings. The number of hydrogen-bond acceptors (Lipinski definition) is 3. The Bertz CT molecular complexity index is 887. The van der Waals surface area contributed by atoms with Gasteiger partial charge in [0.25, 0.3) is 0 Å². The maximum atomic E-state index is 13.4. The van der Waals surface area contributed by atoms with Gasteiger partial charge in [0.05, 0.1) is 6.42 Å². The second kappa shape index (κ2) is 9.80. The minimum Gasteiger partial charge on any atom is -0.344 e. The van der Waals surface area contributed by atoms with Gasteiger partial charge < -0.3 is 15.5 Å². The fraction of sp³-hybridized carbons (Fsp3) is 0.500. The molecule has 2 aliphatic heterocycles. The highest BCUT2D eigenvalue weighted by Crippen LogP contribution is 2.29. The molecule has 2 saturated heterocycles. The Labute approximate surface area is 185 Å². The fourth-order valence-electron chi connectivity index (χ4n) is 4.77. The first-order valence-electron chi connectivity index (χ1n) is 10.8. The lowest BCUT2D eigenvalue weighted by atomic mass is 10.0. The summed E-state index contributed by atoms with van der Waals surface area (Å²) < 4.78 is 0. The predicted molar refractivity (Wildman–Crippen MR) is 123 cm³/mol. The maximum absolute atomic E-state index is 13.4. The topological polar surface area (TPSA) is 61.4 Å². The number of nitrogens with one attached hydrogen (secondary N) is 2. The Kier molecular flexibility index (Phi) is 7.37. The van der Waals surface area contributed by atoms with Crippen molar-refractivity contribution < 1.29 is 9.59 Å². The predicted octanol–water partition coefficient (Wildman–Crippen LogP) is 3.30. The Morgan fingerprint density at radius 2 is 1.80 bits per heavy atom. The number of amides is 2. The van der Waals surface area contributed by atoms with Crippen molar-refractivity contribution in [3.05, 3.63) is 48.0 Å². The van der Waals surface area contributed by atoms with Gasteiger partial charge in [-0.2, -0.15) is 0 Å². The maximum Gasteiger partial charge on any atom is 0.245 e. The number of fused-ring (bicyclic) bond motifs is 3. The molecule has 30 heavy (non-hydrogen) atoms. The summed E-state index contributed by atoms with van der Waals surface area (Å²) in [6.45, 7) is 5.84. The van der Waals surface area contributed by atoms with Crippen molar-refractivity contribution in [1.29, 1.82) is 0 Å². The minimum atomic E-state index is -0.468. The van der Waals surface area contributed by atoms with Gasteiger partial charge in [-0.3, -0.25) is 9.59 Å². The zero-order valence-electron chi connectivity index (χ0n) is 17.8. The number of carbonyl (C=O) groups excluding carboxylic acids is 2. The zero-order chi connectivity index (χ0) is 20.4. The minimum absolute atomic E-state index is 0. The third-order valence-corrected chi connectivity index (χ3v) is 6.34. The highest BCUT2D eigenvalue weighted by Gasteiger charge is 2.41. The van der Waals surface area contributed by atoms with E-state index in [2.05, 4.69) is 33.7 Å².